The summed E-state index contributed by atoms with van der Waals surface area (Å²) in [4.78, 5) is 0. The Hall–Kier alpha value is -0.860. The molecular weight excluding hydrogens is 141 g/mol. The van der Waals surface area contributed by atoms with Crippen molar-refractivity contribution in [3.05, 3.63) is 29.8 Å². The summed E-state index contributed by atoms with van der Waals surface area (Å²) in [6.45, 7) is 0. The lowest BCUT2D eigenvalue weighted by atomic mass is 10.2. The third-order valence-electron chi connectivity index (χ3n) is 1.26. The van der Waals surface area contributed by atoms with E-state index in [4.69, 9.17) is 5.26 Å². The van der Waals surface area contributed by atoms with E-state index in [9.17, 15) is 0 Å². The minimum Gasteiger partial charge on any atom is -0.198 e. The van der Waals surface area contributed by atoms with Crippen LogP contribution in [0.15, 0.2) is 24.3 Å². The fourth-order valence-electron chi connectivity index (χ4n) is 0.727. The Kier molecular flexibility index (Phi) is 2.42. The Bertz CT molecular complexity index is 245. The summed E-state index contributed by atoms with van der Waals surface area (Å²) < 4.78 is 0. The van der Waals surface area contributed by atoms with Crippen LogP contribution in [0.4, 0.5) is 0 Å². The maximum atomic E-state index is 8.33. The van der Waals surface area contributed by atoms with Crippen LogP contribution in [-0.2, 0) is 6.42 Å². The van der Waals surface area contributed by atoms with Gasteiger partial charge in [-0.05, 0) is 10.9 Å². The maximum Gasteiger partial charge on any atom is 0.0669 e. The fourth-order valence-corrected chi connectivity index (χ4v) is 0.919. The van der Waals surface area contributed by atoms with Crippen molar-refractivity contribution in [2.45, 2.75) is 6.42 Å². The molecule has 1 rings (SSSR count). The third kappa shape index (κ3) is 1.83. The van der Waals surface area contributed by atoms with Gasteiger partial charge in [-0.25, -0.2) is 0 Å². The second kappa shape index (κ2) is 3.34. The standard InChI is InChI=1S/C8H8NP/c9-6-5-7-1-3-8(10)4-2-7/h1-4H,5,10H2. The predicted octanol–water partition coefficient (Wildman–Crippen LogP) is 1.25. The molecule has 1 nitrogen and oxygen atoms in total. The first-order valence-electron chi connectivity index (χ1n) is 3.04. The van der Waals surface area contributed by atoms with E-state index in [-0.39, 0.29) is 0 Å². The van der Waals surface area contributed by atoms with Crippen LogP contribution in [0.3, 0.4) is 0 Å². The molecule has 1 unspecified atom stereocenters. The fraction of sp³-hybridized carbons (Fsp3) is 0.125. The average molecular weight is 149 g/mol. The minimum atomic E-state index is 0.505. The SMILES string of the molecule is N#CCc1ccc(P)cc1. The number of rotatable bonds is 1. The van der Waals surface area contributed by atoms with Gasteiger partial charge in [0, 0.05) is 0 Å². The van der Waals surface area contributed by atoms with E-state index in [1.54, 1.807) is 0 Å². The highest BCUT2D eigenvalue weighted by atomic mass is 31.0. The highest BCUT2D eigenvalue weighted by Gasteiger charge is 1.88. The molecule has 0 aliphatic rings. The van der Waals surface area contributed by atoms with E-state index in [0.29, 0.717) is 6.42 Å². The molecule has 1 aromatic rings. The zero-order valence-corrected chi connectivity index (χ0v) is 6.70. The molecule has 1 atom stereocenters. The van der Waals surface area contributed by atoms with Gasteiger partial charge in [-0.2, -0.15) is 5.26 Å². The second-order valence-electron chi connectivity index (χ2n) is 2.08. The first-order valence-corrected chi connectivity index (χ1v) is 3.62. The van der Waals surface area contributed by atoms with Gasteiger partial charge < -0.3 is 0 Å². The molecule has 0 N–H and O–H groups in total. The highest BCUT2D eigenvalue weighted by Crippen LogP contribution is 1.98. The molecule has 0 radical (unpaired) electrons. The summed E-state index contributed by atoms with van der Waals surface area (Å²) in [5.41, 5.74) is 1.08. The number of hydrogen-bond acceptors (Lipinski definition) is 1. The van der Waals surface area contributed by atoms with Gasteiger partial charge >= 0.3 is 0 Å². The van der Waals surface area contributed by atoms with Crippen LogP contribution in [0.2, 0.25) is 0 Å². The summed E-state index contributed by atoms with van der Waals surface area (Å²) >= 11 is 0. The minimum absolute atomic E-state index is 0.505. The van der Waals surface area contributed by atoms with Gasteiger partial charge in [-0.3, -0.25) is 0 Å². The molecule has 2 heteroatoms. The normalized spacial score (nSPS) is 8.80. The van der Waals surface area contributed by atoms with Crippen LogP contribution in [0, 0.1) is 11.3 Å². The molecule has 1 aromatic carbocycles. The monoisotopic (exact) mass is 149 g/mol. The molecule has 0 bridgehead atoms. The van der Waals surface area contributed by atoms with Crippen molar-refractivity contribution in [3.8, 4) is 6.07 Å². The number of benzene rings is 1. The molecule has 0 spiro atoms. The molecule has 0 saturated carbocycles. The van der Waals surface area contributed by atoms with E-state index >= 15 is 0 Å². The van der Waals surface area contributed by atoms with Gasteiger partial charge in [0.05, 0.1) is 12.5 Å². The summed E-state index contributed by atoms with van der Waals surface area (Å²) in [5.74, 6) is 0. The molecule has 0 aliphatic carbocycles. The zero-order valence-electron chi connectivity index (χ0n) is 5.54. The van der Waals surface area contributed by atoms with E-state index in [0.717, 1.165) is 10.9 Å². The first kappa shape index (κ1) is 7.25. The van der Waals surface area contributed by atoms with Gasteiger partial charge in [0.15, 0.2) is 0 Å². The maximum absolute atomic E-state index is 8.33. The molecule has 0 amide bonds. The lowest BCUT2D eigenvalue weighted by molar-refractivity contribution is 1.27. The largest absolute Gasteiger partial charge is 0.198 e. The van der Waals surface area contributed by atoms with Crippen LogP contribution < -0.4 is 5.30 Å². The van der Waals surface area contributed by atoms with Crippen LogP contribution >= 0.6 is 9.24 Å². The zero-order chi connectivity index (χ0) is 7.40. The lowest BCUT2D eigenvalue weighted by Gasteiger charge is -1.93. The van der Waals surface area contributed by atoms with Gasteiger partial charge in [0.25, 0.3) is 0 Å². The van der Waals surface area contributed by atoms with E-state index in [1.807, 2.05) is 24.3 Å². The van der Waals surface area contributed by atoms with Crippen LogP contribution in [0.5, 0.6) is 0 Å². The Morgan fingerprint density at radius 2 is 1.90 bits per heavy atom. The summed E-state index contributed by atoms with van der Waals surface area (Å²) in [7, 11) is 2.60. The number of hydrogen-bond donors (Lipinski definition) is 0. The molecular formula is C8H8NP. The number of nitriles is 1. The Morgan fingerprint density at radius 3 is 2.40 bits per heavy atom. The topological polar surface area (TPSA) is 23.8 Å². The molecule has 50 valence electrons. The van der Waals surface area contributed by atoms with Crippen molar-refractivity contribution in [1.82, 2.24) is 0 Å². The van der Waals surface area contributed by atoms with Gasteiger partial charge in [-0.1, -0.05) is 24.3 Å². The first-order chi connectivity index (χ1) is 4.83. The molecule has 0 aromatic heterocycles. The van der Waals surface area contributed by atoms with E-state index < -0.39 is 0 Å². The Balaban J connectivity index is 2.81. The predicted molar refractivity (Wildman–Crippen MR) is 45.1 cm³/mol. The Morgan fingerprint density at radius 1 is 1.30 bits per heavy atom. The van der Waals surface area contributed by atoms with Crippen LogP contribution in [-0.4, -0.2) is 0 Å². The molecule has 0 heterocycles. The Labute approximate surface area is 62.9 Å². The van der Waals surface area contributed by atoms with E-state index in [1.165, 1.54) is 0 Å². The molecule has 0 fully saturated rings. The molecule has 0 saturated heterocycles. The average Bonchev–Trinajstić information content (AvgIpc) is 1.95. The van der Waals surface area contributed by atoms with Crippen molar-refractivity contribution in [2.75, 3.05) is 0 Å². The summed E-state index contributed by atoms with van der Waals surface area (Å²) in [6, 6.07) is 9.99. The molecule has 0 aliphatic heterocycles. The van der Waals surface area contributed by atoms with Gasteiger partial charge in [0.1, 0.15) is 0 Å². The van der Waals surface area contributed by atoms with Gasteiger partial charge in [-0.15, -0.1) is 9.24 Å². The highest BCUT2D eigenvalue weighted by molar-refractivity contribution is 7.27. The summed E-state index contributed by atoms with van der Waals surface area (Å²) in [6.07, 6.45) is 0.505. The van der Waals surface area contributed by atoms with Crippen molar-refractivity contribution >= 4 is 14.5 Å². The van der Waals surface area contributed by atoms with Crippen molar-refractivity contribution in [2.24, 2.45) is 0 Å². The van der Waals surface area contributed by atoms with Crippen molar-refractivity contribution in [1.29, 1.82) is 5.26 Å². The smallest absolute Gasteiger partial charge is 0.0669 e. The second-order valence-corrected chi connectivity index (χ2v) is 2.74. The van der Waals surface area contributed by atoms with Crippen molar-refractivity contribution in [3.63, 3.8) is 0 Å². The van der Waals surface area contributed by atoms with Crippen molar-refractivity contribution < 1.29 is 0 Å². The van der Waals surface area contributed by atoms with Crippen LogP contribution in [0.25, 0.3) is 0 Å². The molecule has 10 heavy (non-hydrogen) atoms. The number of nitrogens with zero attached hydrogens (tertiary/aromatic N) is 1. The summed E-state index contributed by atoms with van der Waals surface area (Å²) in [5, 5.41) is 9.49. The third-order valence-corrected chi connectivity index (χ3v) is 1.65. The lowest BCUT2D eigenvalue weighted by Crippen LogP contribution is -1.89. The quantitative estimate of drug-likeness (QED) is 0.551. The van der Waals surface area contributed by atoms with E-state index in [2.05, 4.69) is 15.3 Å². The van der Waals surface area contributed by atoms with Gasteiger partial charge in [0.2, 0.25) is 0 Å². The van der Waals surface area contributed by atoms with Crippen LogP contribution in [0.1, 0.15) is 5.56 Å².